The van der Waals surface area contributed by atoms with Gasteiger partial charge in [-0.25, -0.2) is 0 Å². The number of nitrogens with zero attached hydrogens (tertiary/aromatic N) is 1. The molecular formula is C17H21BrN2. The number of hydrogen-bond donors (Lipinski definition) is 1. The molecule has 0 radical (unpaired) electrons. The van der Waals surface area contributed by atoms with Crippen LogP contribution in [0.1, 0.15) is 24.1 Å². The highest BCUT2D eigenvalue weighted by Crippen LogP contribution is 2.24. The molecule has 0 heterocycles. The first kappa shape index (κ1) is 15.2. The second-order valence-corrected chi connectivity index (χ2v) is 5.89. The molecule has 0 amide bonds. The quantitative estimate of drug-likeness (QED) is 0.867. The molecule has 2 nitrogen and oxygen atoms in total. The van der Waals surface area contributed by atoms with Crippen LogP contribution in [0.5, 0.6) is 0 Å². The van der Waals surface area contributed by atoms with E-state index in [2.05, 4.69) is 82.4 Å². The zero-order valence-electron chi connectivity index (χ0n) is 11.8. The Morgan fingerprint density at radius 2 is 1.85 bits per heavy atom. The molecule has 0 fully saturated rings. The van der Waals surface area contributed by atoms with Gasteiger partial charge in [-0.1, -0.05) is 58.4 Å². The SMILES string of the molecule is CC(c1cccc(Br)c1)N(CCN)Cc1ccccc1. The molecule has 2 aromatic carbocycles. The minimum Gasteiger partial charge on any atom is -0.329 e. The molecule has 1 atom stereocenters. The molecule has 0 aromatic heterocycles. The molecule has 0 bridgehead atoms. The first-order chi connectivity index (χ1) is 9.70. The smallest absolute Gasteiger partial charge is 0.0324 e. The van der Waals surface area contributed by atoms with Gasteiger partial charge >= 0.3 is 0 Å². The van der Waals surface area contributed by atoms with Crippen LogP contribution in [0.2, 0.25) is 0 Å². The number of rotatable bonds is 6. The van der Waals surface area contributed by atoms with E-state index in [-0.39, 0.29) is 0 Å². The zero-order chi connectivity index (χ0) is 14.4. The maximum Gasteiger partial charge on any atom is 0.0324 e. The number of nitrogens with two attached hydrogens (primary N) is 1. The molecule has 0 saturated carbocycles. The highest BCUT2D eigenvalue weighted by molar-refractivity contribution is 9.10. The van der Waals surface area contributed by atoms with E-state index in [9.17, 15) is 0 Å². The Kier molecular flexibility index (Phi) is 5.77. The molecule has 20 heavy (non-hydrogen) atoms. The molecule has 0 aliphatic rings. The first-order valence-electron chi connectivity index (χ1n) is 6.94. The van der Waals surface area contributed by atoms with Crippen molar-refractivity contribution in [2.45, 2.75) is 19.5 Å². The molecule has 2 aromatic rings. The molecule has 2 rings (SSSR count). The number of benzene rings is 2. The summed E-state index contributed by atoms with van der Waals surface area (Å²) in [5, 5.41) is 0. The van der Waals surface area contributed by atoms with Crippen LogP contribution in [-0.4, -0.2) is 18.0 Å². The van der Waals surface area contributed by atoms with Gasteiger partial charge in [0.05, 0.1) is 0 Å². The van der Waals surface area contributed by atoms with Crippen molar-refractivity contribution < 1.29 is 0 Å². The highest BCUT2D eigenvalue weighted by atomic mass is 79.9. The summed E-state index contributed by atoms with van der Waals surface area (Å²) in [6, 6.07) is 19.4. The van der Waals surface area contributed by atoms with Gasteiger partial charge in [0.25, 0.3) is 0 Å². The van der Waals surface area contributed by atoms with E-state index in [1.807, 2.05) is 0 Å². The zero-order valence-corrected chi connectivity index (χ0v) is 13.4. The summed E-state index contributed by atoms with van der Waals surface area (Å²) in [5.74, 6) is 0. The lowest BCUT2D eigenvalue weighted by molar-refractivity contribution is 0.207. The van der Waals surface area contributed by atoms with Crippen molar-refractivity contribution in [2.75, 3.05) is 13.1 Å². The van der Waals surface area contributed by atoms with Crippen LogP contribution in [0.25, 0.3) is 0 Å². The Hall–Kier alpha value is -1.16. The molecule has 0 spiro atoms. The lowest BCUT2D eigenvalue weighted by atomic mass is 10.1. The Morgan fingerprint density at radius 3 is 2.50 bits per heavy atom. The van der Waals surface area contributed by atoms with E-state index in [1.54, 1.807) is 0 Å². The highest BCUT2D eigenvalue weighted by Gasteiger charge is 2.15. The second-order valence-electron chi connectivity index (χ2n) is 4.98. The first-order valence-corrected chi connectivity index (χ1v) is 7.73. The van der Waals surface area contributed by atoms with Crippen molar-refractivity contribution in [1.82, 2.24) is 4.90 Å². The average Bonchev–Trinajstić information content (AvgIpc) is 2.47. The predicted molar refractivity (Wildman–Crippen MR) is 88.5 cm³/mol. The van der Waals surface area contributed by atoms with Crippen LogP contribution in [-0.2, 0) is 6.54 Å². The van der Waals surface area contributed by atoms with Crippen molar-refractivity contribution >= 4 is 15.9 Å². The Morgan fingerprint density at radius 1 is 1.10 bits per heavy atom. The standard InChI is InChI=1S/C17H21BrN2/c1-14(16-8-5-9-17(18)12-16)20(11-10-19)13-15-6-3-2-4-7-15/h2-9,12,14H,10-11,13,19H2,1H3. The molecule has 0 saturated heterocycles. The largest absolute Gasteiger partial charge is 0.329 e. The average molecular weight is 333 g/mol. The van der Waals surface area contributed by atoms with Gasteiger partial charge in [-0.05, 0) is 30.2 Å². The van der Waals surface area contributed by atoms with E-state index in [0.29, 0.717) is 12.6 Å². The predicted octanol–water partition coefficient (Wildman–Crippen LogP) is 3.97. The molecule has 106 valence electrons. The lowest BCUT2D eigenvalue weighted by Gasteiger charge is -2.29. The molecule has 0 aliphatic heterocycles. The van der Waals surface area contributed by atoms with E-state index < -0.39 is 0 Å². The summed E-state index contributed by atoms with van der Waals surface area (Å²) < 4.78 is 1.12. The van der Waals surface area contributed by atoms with Crippen LogP contribution in [0.15, 0.2) is 59.1 Å². The Bertz CT molecular complexity index is 528. The monoisotopic (exact) mass is 332 g/mol. The molecule has 3 heteroatoms. The van der Waals surface area contributed by atoms with Gasteiger partial charge in [0.2, 0.25) is 0 Å². The van der Waals surface area contributed by atoms with Crippen LogP contribution in [0, 0.1) is 0 Å². The number of hydrogen-bond acceptors (Lipinski definition) is 2. The van der Waals surface area contributed by atoms with Gasteiger partial charge in [0, 0.05) is 30.1 Å². The van der Waals surface area contributed by atoms with E-state index >= 15 is 0 Å². The molecule has 1 unspecified atom stereocenters. The maximum atomic E-state index is 5.78. The molecule has 2 N–H and O–H groups in total. The van der Waals surface area contributed by atoms with Crippen molar-refractivity contribution in [1.29, 1.82) is 0 Å². The fourth-order valence-electron chi connectivity index (χ4n) is 2.37. The van der Waals surface area contributed by atoms with Crippen molar-refractivity contribution in [2.24, 2.45) is 5.73 Å². The third kappa shape index (κ3) is 4.17. The summed E-state index contributed by atoms with van der Waals surface area (Å²) in [7, 11) is 0. The molecule has 0 aliphatic carbocycles. The van der Waals surface area contributed by atoms with E-state index in [0.717, 1.165) is 17.6 Å². The Labute approximate surface area is 129 Å². The number of halogens is 1. The van der Waals surface area contributed by atoms with Crippen molar-refractivity contribution in [3.8, 4) is 0 Å². The maximum absolute atomic E-state index is 5.78. The van der Waals surface area contributed by atoms with Crippen LogP contribution >= 0.6 is 15.9 Å². The van der Waals surface area contributed by atoms with Gasteiger partial charge in [-0.15, -0.1) is 0 Å². The third-order valence-electron chi connectivity index (χ3n) is 3.52. The van der Waals surface area contributed by atoms with Gasteiger partial charge in [0.1, 0.15) is 0 Å². The van der Waals surface area contributed by atoms with E-state index in [4.69, 9.17) is 5.73 Å². The summed E-state index contributed by atoms with van der Waals surface area (Å²) >= 11 is 3.54. The van der Waals surface area contributed by atoms with Crippen LogP contribution in [0.3, 0.4) is 0 Å². The van der Waals surface area contributed by atoms with E-state index in [1.165, 1.54) is 11.1 Å². The van der Waals surface area contributed by atoms with Crippen LogP contribution in [0.4, 0.5) is 0 Å². The summed E-state index contributed by atoms with van der Waals surface area (Å²) in [5.41, 5.74) is 8.41. The van der Waals surface area contributed by atoms with Gasteiger partial charge < -0.3 is 5.73 Å². The third-order valence-corrected chi connectivity index (χ3v) is 4.02. The second kappa shape index (κ2) is 7.58. The van der Waals surface area contributed by atoms with Crippen LogP contribution < -0.4 is 5.73 Å². The minimum atomic E-state index is 0.344. The van der Waals surface area contributed by atoms with Gasteiger partial charge in [0.15, 0.2) is 0 Å². The van der Waals surface area contributed by atoms with Crippen molar-refractivity contribution in [3.63, 3.8) is 0 Å². The summed E-state index contributed by atoms with van der Waals surface area (Å²) in [6.45, 7) is 4.72. The summed E-state index contributed by atoms with van der Waals surface area (Å²) in [4.78, 5) is 2.41. The van der Waals surface area contributed by atoms with Crippen molar-refractivity contribution in [3.05, 3.63) is 70.2 Å². The normalized spacial score (nSPS) is 12.6. The van der Waals surface area contributed by atoms with Gasteiger partial charge in [-0.2, -0.15) is 0 Å². The van der Waals surface area contributed by atoms with Gasteiger partial charge in [-0.3, -0.25) is 4.90 Å². The summed E-state index contributed by atoms with van der Waals surface area (Å²) in [6.07, 6.45) is 0. The lowest BCUT2D eigenvalue weighted by Crippen LogP contribution is -2.31. The Balaban J connectivity index is 2.15. The topological polar surface area (TPSA) is 29.3 Å². The fraction of sp³-hybridized carbons (Fsp3) is 0.294. The minimum absolute atomic E-state index is 0.344. The molecular weight excluding hydrogens is 312 g/mol. The fourth-order valence-corrected chi connectivity index (χ4v) is 2.79.